The molecule has 0 saturated heterocycles. The van der Waals surface area contributed by atoms with Gasteiger partial charge in [0, 0.05) is 18.2 Å². The first-order valence-electron chi connectivity index (χ1n) is 8.61. The van der Waals surface area contributed by atoms with E-state index in [-0.39, 0.29) is 6.04 Å². The van der Waals surface area contributed by atoms with Crippen LogP contribution in [-0.2, 0) is 6.42 Å². The predicted molar refractivity (Wildman–Crippen MR) is 102 cm³/mol. The van der Waals surface area contributed by atoms with Crippen LogP contribution in [0.3, 0.4) is 0 Å². The van der Waals surface area contributed by atoms with Gasteiger partial charge in [-0.2, -0.15) is 0 Å². The van der Waals surface area contributed by atoms with Gasteiger partial charge in [-0.1, -0.05) is 11.6 Å². The van der Waals surface area contributed by atoms with E-state index < -0.39 is 0 Å². The van der Waals surface area contributed by atoms with Gasteiger partial charge in [0.05, 0.1) is 39.0 Å². The van der Waals surface area contributed by atoms with Gasteiger partial charge in [0.2, 0.25) is 0 Å². The highest BCUT2D eigenvalue weighted by Gasteiger charge is 2.27. The topological polar surface area (TPSA) is 49.0 Å². The summed E-state index contributed by atoms with van der Waals surface area (Å²) < 4.78 is 22.2. The molecule has 1 N–H and O–H groups in total. The maximum absolute atomic E-state index is 6.38. The second-order valence-corrected chi connectivity index (χ2v) is 6.41. The van der Waals surface area contributed by atoms with E-state index in [1.54, 1.807) is 21.3 Å². The molecular weight excluding hydrogens is 354 g/mol. The van der Waals surface area contributed by atoms with Crippen molar-refractivity contribution in [2.75, 3.05) is 34.5 Å². The number of hydrogen-bond donors (Lipinski definition) is 1. The number of methoxy groups -OCH3 is 3. The van der Waals surface area contributed by atoms with E-state index in [0.717, 1.165) is 41.3 Å². The third-order valence-corrected chi connectivity index (χ3v) is 4.89. The summed E-state index contributed by atoms with van der Waals surface area (Å²) >= 11 is 6.38. The highest BCUT2D eigenvalue weighted by molar-refractivity contribution is 6.32. The van der Waals surface area contributed by atoms with Gasteiger partial charge in [-0.25, -0.2) is 0 Å². The lowest BCUT2D eigenvalue weighted by Crippen LogP contribution is -2.31. The number of halogens is 1. The molecule has 2 aromatic carbocycles. The summed E-state index contributed by atoms with van der Waals surface area (Å²) in [6, 6.07) is 7.77. The minimum absolute atomic E-state index is 0.0535. The largest absolute Gasteiger partial charge is 0.496 e. The Hall–Kier alpha value is -2.11. The van der Waals surface area contributed by atoms with E-state index in [2.05, 4.69) is 11.4 Å². The first kappa shape index (κ1) is 18.7. The average molecular weight is 378 g/mol. The van der Waals surface area contributed by atoms with Crippen molar-refractivity contribution >= 4 is 11.6 Å². The zero-order valence-electron chi connectivity index (χ0n) is 15.5. The second kappa shape index (κ2) is 8.06. The van der Waals surface area contributed by atoms with Crippen LogP contribution in [0.2, 0.25) is 5.02 Å². The summed E-state index contributed by atoms with van der Waals surface area (Å²) in [5.74, 6) is 2.81. The number of ether oxygens (including phenoxy) is 4. The first-order chi connectivity index (χ1) is 12.6. The maximum atomic E-state index is 6.38. The van der Waals surface area contributed by atoms with Crippen molar-refractivity contribution in [1.82, 2.24) is 5.32 Å². The maximum Gasteiger partial charge on any atom is 0.161 e. The molecule has 0 bridgehead atoms. The fourth-order valence-corrected chi connectivity index (χ4v) is 3.63. The molecule has 1 unspecified atom stereocenters. The molecule has 0 saturated carbocycles. The molecule has 0 aliphatic carbocycles. The van der Waals surface area contributed by atoms with Crippen LogP contribution in [0.1, 0.15) is 29.7 Å². The monoisotopic (exact) mass is 377 g/mol. The molecule has 1 heterocycles. The zero-order valence-corrected chi connectivity index (χ0v) is 16.3. The van der Waals surface area contributed by atoms with Crippen LogP contribution in [0.15, 0.2) is 24.3 Å². The van der Waals surface area contributed by atoms with Crippen LogP contribution in [0, 0.1) is 0 Å². The average Bonchev–Trinajstić information content (AvgIpc) is 2.67. The number of hydrogen-bond acceptors (Lipinski definition) is 5. The molecule has 0 aromatic heterocycles. The van der Waals surface area contributed by atoms with Gasteiger partial charge in [-0.3, -0.25) is 0 Å². The highest BCUT2D eigenvalue weighted by Crippen LogP contribution is 2.42. The highest BCUT2D eigenvalue weighted by atomic mass is 35.5. The summed E-state index contributed by atoms with van der Waals surface area (Å²) in [6.07, 6.45) is 0.917. The Morgan fingerprint density at radius 1 is 0.923 bits per heavy atom. The molecule has 0 amide bonds. The second-order valence-electron chi connectivity index (χ2n) is 6.00. The lowest BCUT2D eigenvalue weighted by molar-refractivity contribution is 0.309. The minimum atomic E-state index is -0.0535. The Morgan fingerprint density at radius 2 is 1.65 bits per heavy atom. The lowest BCUT2D eigenvalue weighted by atomic mass is 9.89. The van der Waals surface area contributed by atoms with Crippen molar-refractivity contribution in [3.63, 3.8) is 0 Å². The van der Waals surface area contributed by atoms with Crippen molar-refractivity contribution in [3.05, 3.63) is 46.0 Å². The SMILES string of the molecule is CCOc1cc2c(cc1OC)CCNC2c1cc(Cl)c(OC)cc1OC. The normalized spacial score (nSPS) is 16.0. The van der Waals surface area contributed by atoms with E-state index in [1.807, 2.05) is 25.1 Å². The number of rotatable bonds is 6. The molecule has 1 atom stereocenters. The molecule has 140 valence electrons. The van der Waals surface area contributed by atoms with Gasteiger partial charge in [0.1, 0.15) is 11.5 Å². The predicted octanol–water partition coefficient (Wildman–Crippen LogP) is 4.00. The van der Waals surface area contributed by atoms with Crippen molar-refractivity contribution in [1.29, 1.82) is 0 Å². The Bertz CT molecular complexity index is 794. The van der Waals surface area contributed by atoms with Crippen LogP contribution in [0.4, 0.5) is 0 Å². The Balaban J connectivity index is 2.12. The molecular formula is C20H24ClNO4. The number of benzene rings is 2. The van der Waals surface area contributed by atoms with Crippen molar-refractivity contribution in [2.24, 2.45) is 0 Å². The summed E-state index contributed by atoms with van der Waals surface area (Å²) in [4.78, 5) is 0. The van der Waals surface area contributed by atoms with Gasteiger partial charge < -0.3 is 24.3 Å². The van der Waals surface area contributed by atoms with E-state index >= 15 is 0 Å². The van der Waals surface area contributed by atoms with Crippen LogP contribution in [0.5, 0.6) is 23.0 Å². The third kappa shape index (κ3) is 3.41. The number of nitrogens with one attached hydrogen (secondary N) is 1. The van der Waals surface area contributed by atoms with Crippen LogP contribution in [0.25, 0.3) is 0 Å². The van der Waals surface area contributed by atoms with E-state index in [4.69, 9.17) is 30.5 Å². The van der Waals surface area contributed by atoms with Gasteiger partial charge in [0.25, 0.3) is 0 Å². The van der Waals surface area contributed by atoms with Crippen LogP contribution < -0.4 is 24.3 Å². The minimum Gasteiger partial charge on any atom is -0.496 e. The van der Waals surface area contributed by atoms with Gasteiger partial charge in [0.15, 0.2) is 11.5 Å². The smallest absolute Gasteiger partial charge is 0.161 e. The third-order valence-electron chi connectivity index (χ3n) is 4.59. The van der Waals surface area contributed by atoms with Crippen molar-refractivity contribution in [3.8, 4) is 23.0 Å². The summed E-state index contributed by atoms with van der Waals surface area (Å²) in [5.41, 5.74) is 3.33. The number of fused-ring (bicyclic) bond motifs is 1. The lowest BCUT2D eigenvalue weighted by Gasteiger charge is -2.30. The van der Waals surface area contributed by atoms with Gasteiger partial charge in [-0.05, 0) is 42.7 Å². The fourth-order valence-electron chi connectivity index (χ4n) is 3.38. The molecule has 0 radical (unpaired) electrons. The fraction of sp³-hybridized carbons (Fsp3) is 0.400. The quantitative estimate of drug-likeness (QED) is 0.824. The van der Waals surface area contributed by atoms with E-state index in [0.29, 0.717) is 17.4 Å². The molecule has 0 spiro atoms. The van der Waals surface area contributed by atoms with Crippen LogP contribution in [-0.4, -0.2) is 34.5 Å². The van der Waals surface area contributed by atoms with Crippen molar-refractivity contribution < 1.29 is 18.9 Å². The molecule has 26 heavy (non-hydrogen) atoms. The Labute approximate surface area is 159 Å². The van der Waals surface area contributed by atoms with E-state index in [9.17, 15) is 0 Å². The molecule has 0 fully saturated rings. The Morgan fingerprint density at radius 3 is 2.31 bits per heavy atom. The molecule has 5 nitrogen and oxygen atoms in total. The molecule has 6 heteroatoms. The molecule has 1 aliphatic rings. The van der Waals surface area contributed by atoms with E-state index in [1.165, 1.54) is 5.56 Å². The zero-order chi connectivity index (χ0) is 18.7. The van der Waals surface area contributed by atoms with Gasteiger partial charge in [-0.15, -0.1) is 0 Å². The molecule has 1 aliphatic heterocycles. The first-order valence-corrected chi connectivity index (χ1v) is 8.99. The standard InChI is InChI=1S/C20H24ClNO4/c1-5-26-19-10-13-12(8-18(19)25-4)6-7-22-20(13)14-9-15(21)17(24-3)11-16(14)23-2/h8-11,20,22H,5-7H2,1-4H3. The molecule has 2 aromatic rings. The summed E-state index contributed by atoms with van der Waals surface area (Å²) in [6.45, 7) is 3.38. The Kier molecular flexibility index (Phi) is 5.79. The summed E-state index contributed by atoms with van der Waals surface area (Å²) in [7, 11) is 4.90. The van der Waals surface area contributed by atoms with Crippen molar-refractivity contribution in [2.45, 2.75) is 19.4 Å². The van der Waals surface area contributed by atoms with Crippen LogP contribution >= 0.6 is 11.6 Å². The van der Waals surface area contributed by atoms with Gasteiger partial charge >= 0.3 is 0 Å². The molecule has 3 rings (SSSR count). The summed E-state index contributed by atoms with van der Waals surface area (Å²) in [5, 5.41) is 4.11.